The number of methoxy groups -OCH3 is 3. The molecule has 0 fully saturated rings. The van der Waals surface area contributed by atoms with E-state index >= 15 is 0 Å². The predicted molar refractivity (Wildman–Crippen MR) is 135 cm³/mol. The van der Waals surface area contributed by atoms with Crippen LogP contribution in [0.15, 0.2) is 42.7 Å². The minimum absolute atomic E-state index is 0.0743. The van der Waals surface area contributed by atoms with Crippen LogP contribution in [0, 0.1) is 0 Å². The highest BCUT2D eigenvalue weighted by atomic mass is 16.7. The molecule has 0 bridgehead atoms. The lowest BCUT2D eigenvalue weighted by atomic mass is 9.83. The van der Waals surface area contributed by atoms with Crippen LogP contribution in [0.2, 0.25) is 0 Å². The zero-order valence-corrected chi connectivity index (χ0v) is 21.2. The average Bonchev–Trinajstić information content (AvgIpc) is 3.59. The number of pyridine rings is 1. The Labute approximate surface area is 216 Å². The van der Waals surface area contributed by atoms with Crippen molar-refractivity contribution in [1.82, 2.24) is 9.88 Å². The number of fused-ring (bicyclic) bond motifs is 3. The fourth-order valence-corrected chi connectivity index (χ4v) is 6.02. The third kappa shape index (κ3) is 3.77. The molecule has 9 heteroatoms. The predicted octanol–water partition coefficient (Wildman–Crippen LogP) is 3.71. The van der Waals surface area contributed by atoms with E-state index in [9.17, 15) is 0 Å². The minimum atomic E-state index is -0.297. The maximum absolute atomic E-state index is 6.58. The summed E-state index contributed by atoms with van der Waals surface area (Å²) in [5, 5.41) is 0. The molecular formula is C28H31N3O6. The van der Waals surface area contributed by atoms with Gasteiger partial charge in [-0.05, 0) is 41.3 Å². The molecule has 0 unspecified atom stereocenters. The van der Waals surface area contributed by atoms with Gasteiger partial charge in [-0.3, -0.25) is 9.88 Å². The second kappa shape index (κ2) is 9.74. The normalized spacial score (nSPS) is 20.8. The summed E-state index contributed by atoms with van der Waals surface area (Å²) in [6.07, 6.45) is 4.17. The van der Waals surface area contributed by atoms with Crippen LogP contribution in [0.4, 0.5) is 0 Å². The molecule has 0 radical (unpaired) electrons. The van der Waals surface area contributed by atoms with Gasteiger partial charge >= 0.3 is 0 Å². The minimum Gasteiger partial charge on any atom is -0.493 e. The zero-order valence-electron chi connectivity index (χ0n) is 21.2. The lowest BCUT2D eigenvalue weighted by molar-refractivity contribution is -0.0285. The number of benzene rings is 2. The molecular weight excluding hydrogens is 474 g/mol. The highest BCUT2D eigenvalue weighted by Crippen LogP contribution is 2.56. The highest BCUT2D eigenvalue weighted by Gasteiger charge is 2.45. The molecule has 3 atom stereocenters. The molecule has 0 spiro atoms. The molecule has 0 saturated carbocycles. The van der Waals surface area contributed by atoms with Crippen LogP contribution in [-0.4, -0.2) is 51.1 Å². The van der Waals surface area contributed by atoms with Gasteiger partial charge in [-0.2, -0.15) is 0 Å². The van der Waals surface area contributed by atoms with Gasteiger partial charge in [0.1, 0.15) is 6.10 Å². The van der Waals surface area contributed by atoms with Gasteiger partial charge in [0, 0.05) is 42.7 Å². The van der Waals surface area contributed by atoms with E-state index in [1.54, 1.807) is 27.5 Å². The number of hydrogen-bond acceptors (Lipinski definition) is 9. The zero-order chi connectivity index (χ0) is 25.5. The second-order valence-corrected chi connectivity index (χ2v) is 9.29. The van der Waals surface area contributed by atoms with Crippen molar-refractivity contribution in [3.63, 3.8) is 0 Å². The van der Waals surface area contributed by atoms with Gasteiger partial charge in [0.05, 0.1) is 34.0 Å². The van der Waals surface area contributed by atoms with E-state index in [0.29, 0.717) is 41.9 Å². The van der Waals surface area contributed by atoms with E-state index in [-0.39, 0.29) is 25.0 Å². The summed E-state index contributed by atoms with van der Waals surface area (Å²) in [6.45, 7) is 1.78. The Morgan fingerprint density at radius 3 is 2.70 bits per heavy atom. The highest BCUT2D eigenvalue weighted by molar-refractivity contribution is 5.63. The van der Waals surface area contributed by atoms with Crippen molar-refractivity contribution in [2.24, 2.45) is 5.73 Å². The van der Waals surface area contributed by atoms with Gasteiger partial charge in [0.2, 0.25) is 12.5 Å². The maximum atomic E-state index is 6.58. The number of aromatic nitrogens is 1. The SMILES string of the molecule is COc1ccc2c(c1OC)CO[C@@H]2[C@H]1c2c(cc3c(c2OC)OCO3)CCN1[C@@H](CN)c1cccnc1. The van der Waals surface area contributed by atoms with Crippen molar-refractivity contribution in [1.29, 1.82) is 0 Å². The molecule has 37 heavy (non-hydrogen) atoms. The van der Waals surface area contributed by atoms with Crippen molar-refractivity contribution in [3.8, 4) is 28.7 Å². The summed E-state index contributed by atoms with van der Waals surface area (Å²) in [5.41, 5.74) is 11.7. The molecule has 6 rings (SSSR count). The fourth-order valence-electron chi connectivity index (χ4n) is 6.02. The second-order valence-electron chi connectivity index (χ2n) is 9.29. The maximum Gasteiger partial charge on any atom is 0.231 e. The van der Waals surface area contributed by atoms with E-state index in [2.05, 4.69) is 28.1 Å². The van der Waals surface area contributed by atoms with Gasteiger partial charge in [-0.1, -0.05) is 12.1 Å². The first-order valence-corrected chi connectivity index (χ1v) is 12.4. The number of nitrogens with zero attached hydrogens (tertiary/aromatic N) is 2. The molecule has 0 aliphatic carbocycles. The molecule has 3 aliphatic heterocycles. The van der Waals surface area contributed by atoms with Crippen LogP contribution in [0.5, 0.6) is 28.7 Å². The summed E-state index contributed by atoms with van der Waals surface area (Å²) in [5.74, 6) is 3.40. The molecule has 9 nitrogen and oxygen atoms in total. The topological polar surface area (TPSA) is 97.5 Å². The van der Waals surface area contributed by atoms with Crippen molar-refractivity contribution >= 4 is 0 Å². The van der Waals surface area contributed by atoms with Crippen LogP contribution < -0.4 is 29.4 Å². The van der Waals surface area contributed by atoms with Crippen molar-refractivity contribution in [2.75, 3.05) is 41.2 Å². The lowest BCUT2D eigenvalue weighted by Gasteiger charge is -2.45. The number of nitrogens with two attached hydrogens (primary N) is 1. The monoisotopic (exact) mass is 505 g/mol. The Morgan fingerprint density at radius 1 is 1.11 bits per heavy atom. The molecule has 194 valence electrons. The summed E-state index contributed by atoms with van der Waals surface area (Å²) < 4.78 is 35.5. The molecule has 0 amide bonds. The number of rotatable bonds is 7. The smallest absolute Gasteiger partial charge is 0.231 e. The van der Waals surface area contributed by atoms with Crippen molar-refractivity contribution < 1.29 is 28.4 Å². The quantitative estimate of drug-likeness (QED) is 0.515. The van der Waals surface area contributed by atoms with E-state index in [4.69, 9.17) is 34.2 Å². The fraction of sp³-hybridized carbons (Fsp3) is 0.393. The van der Waals surface area contributed by atoms with E-state index in [1.807, 2.05) is 18.3 Å². The van der Waals surface area contributed by atoms with Crippen molar-refractivity contribution in [3.05, 3.63) is 70.5 Å². The van der Waals surface area contributed by atoms with E-state index in [1.165, 1.54) is 0 Å². The molecule has 2 N–H and O–H groups in total. The van der Waals surface area contributed by atoms with Gasteiger partial charge in [0.15, 0.2) is 23.0 Å². The first kappa shape index (κ1) is 23.8. The van der Waals surface area contributed by atoms with Crippen LogP contribution >= 0.6 is 0 Å². The Balaban J connectivity index is 1.54. The number of ether oxygens (including phenoxy) is 6. The largest absolute Gasteiger partial charge is 0.493 e. The van der Waals surface area contributed by atoms with Crippen LogP contribution in [0.25, 0.3) is 0 Å². The van der Waals surface area contributed by atoms with Gasteiger partial charge in [-0.25, -0.2) is 0 Å². The van der Waals surface area contributed by atoms with Crippen molar-refractivity contribution in [2.45, 2.75) is 31.2 Å². The van der Waals surface area contributed by atoms with E-state index < -0.39 is 0 Å². The molecule has 1 aromatic heterocycles. The Kier molecular flexibility index (Phi) is 6.27. The Hall–Kier alpha value is -3.53. The van der Waals surface area contributed by atoms with Gasteiger partial charge in [0.25, 0.3) is 0 Å². The summed E-state index contributed by atoms with van der Waals surface area (Å²) in [7, 11) is 4.97. The van der Waals surface area contributed by atoms with Crippen LogP contribution in [0.1, 0.15) is 46.0 Å². The van der Waals surface area contributed by atoms with E-state index in [0.717, 1.165) is 40.8 Å². The summed E-state index contributed by atoms with van der Waals surface area (Å²) in [6, 6.07) is 9.83. The molecule has 3 aromatic rings. The first-order valence-electron chi connectivity index (χ1n) is 12.4. The first-order chi connectivity index (χ1) is 18.2. The molecule has 4 heterocycles. The summed E-state index contributed by atoms with van der Waals surface area (Å²) >= 11 is 0. The van der Waals surface area contributed by atoms with Gasteiger partial charge < -0.3 is 34.2 Å². The third-order valence-corrected chi connectivity index (χ3v) is 7.62. The third-order valence-electron chi connectivity index (χ3n) is 7.62. The molecule has 2 aromatic carbocycles. The standard InChI is InChI=1S/C28H31N3O6/c1-32-21-7-6-18-19(25(21)33-2)14-35-26(18)24-23-16(11-22-27(28(23)34-3)37-15-36-22)8-10-31(24)20(12-29)17-5-4-9-30-13-17/h4-7,9,11,13,20,24,26H,8,10,12,14-15,29H2,1-3H3/t20-,24+,26-/m0/s1. The Morgan fingerprint density at radius 2 is 1.97 bits per heavy atom. The number of hydrogen-bond donors (Lipinski definition) is 1. The summed E-state index contributed by atoms with van der Waals surface area (Å²) in [4.78, 5) is 6.79. The average molecular weight is 506 g/mol. The van der Waals surface area contributed by atoms with Gasteiger partial charge in [-0.15, -0.1) is 0 Å². The molecule has 0 saturated heterocycles. The lowest BCUT2D eigenvalue weighted by Crippen LogP contribution is -2.43. The van der Waals surface area contributed by atoms with Crippen LogP contribution in [0.3, 0.4) is 0 Å². The Bertz CT molecular complexity index is 1300. The molecule has 3 aliphatic rings. The van der Waals surface area contributed by atoms with Crippen LogP contribution in [-0.2, 0) is 17.8 Å².